The van der Waals surface area contributed by atoms with E-state index in [-0.39, 0.29) is 6.04 Å². The molecule has 2 heterocycles. The third kappa shape index (κ3) is 3.49. The van der Waals surface area contributed by atoms with Crippen molar-refractivity contribution in [2.45, 2.75) is 13.0 Å². The first-order valence-corrected chi connectivity index (χ1v) is 6.88. The Hall–Kier alpha value is -0.980. The van der Waals surface area contributed by atoms with Crippen LogP contribution in [-0.4, -0.2) is 22.6 Å². The van der Waals surface area contributed by atoms with E-state index in [4.69, 9.17) is 5.73 Å². The van der Waals surface area contributed by atoms with Crippen molar-refractivity contribution in [3.63, 3.8) is 0 Å². The van der Waals surface area contributed by atoms with Crippen LogP contribution >= 0.6 is 27.3 Å². The molecule has 0 fully saturated rings. The van der Waals surface area contributed by atoms with Crippen LogP contribution in [0, 0.1) is 0 Å². The smallest absolute Gasteiger partial charge is 0.222 e. The highest BCUT2D eigenvalue weighted by molar-refractivity contribution is 9.10. The van der Waals surface area contributed by atoms with E-state index in [0.29, 0.717) is 12.5 Å². The first-order chi connectivity index (χ1) is 8.15. The Morgan fingerprint density at radius 2 is 2.18 bits per heavy atom. The maximum atomic E-state index is 5.64. The van der Waals surface area contributed by atoms with E-state index in [1.54, 1.807) is 11.3 Å². The van der Waals surface area contributed by atoms with Crippen molar-refractivity contribution in [2.75, 3.05) is 11.9 Å². The van der Waals surface area contributed by atoms with E-state index in [1.807, 2.05) is 24.7 Å². The third-order valence-electron chi connectivity index (χ3n) is 2.09. The van der Waals surface area contributed by atoms with Gasteiger partial charge in [-0.2, -0.15) is 0 Å². The van der Waals surface area contributed by atoms with Gasteiger partial charge in [0.25, 0.3) is 0 Å². The van der Waals surface area contributed by atoms with Gasteiger partial charge in [0.2, 0.25) is 5.95 Å². The molecule has 17 heavy (non-hydrogen) atoms. The molecule has 2 rings (SSSR count). The van der Waals surface area contributed by atoms with Gasteiger partial charge in [0.05, 0.1) is 0 Å². The zero-order chi connectivity index (χ0) is 12.3. The molecule has 6 heteroatoms. The van der Waals surface area contributed by atoms with Crippen molar-refractivity contribution in [3.8, 4) is 10.4 Å². The van der Waals surface area contributed by atoms with Crippen LogP contribution in [0.15, 0.2) is 28.3 Å². The molecule has 90 valence electrons. The lowest BCUT2D eigenvalue weighted by molar-refractivity contribution is 0.773. The van der Waals surface area contributed by atoms with Gasteiger partial charge in [0, 0.05) is 45.3 Å². The van der Waals surface area contributed by atoms with Gasteiger partial charge >= 0.3 is 0 Å². The minimum atomic E-state index is 0.0894. The molecular formula is C11H13BrN4S. The number of nitrogens with one attached hydrogen (secondary N) is 1. The topological polar surface area (TPSA) is 63.8 Å². The van der Waals surface area contributed by atoms with Crippen molar-refractivity contribution < 1.29 is 0 Å². The second-order valence-electron chi connectivity index (χ2n) is 3.78. The van der Waals surface area contributed by atoms with Crippen molar-refractivity contribution in [1.29, 1.82) is 0 Å². The van der Waals surface area contributed by atoms with Gasteiger partial charge in [0.1, 0.15) is 0 Å². The predicted molar refractivity (Wildman–Crippen MR) is 75.2 cm³/mol. The molecule has 0 aromatic carbocycles. The molecule has 0 amide bonds. The fraction of sp³-hybridized carbons (Fsp3) is 0.273. The molecule has 0 aliphatic heterocycles. The summed E-state index contributed by atoms with van der Waals surface area (Å²) in [4.78, 5) is 9.65. The Balaban J connectivity index is 2.07. The zero-order valence-corrected chi connectivity index (χ0v) is 11.8. The highest BCUT2D eigenvalue weighted by Crippen LogP contribution is 2.28. The Kier molecular flexibility index (Phi) is 4.09. The molecule has 4 nitrogen and oxygen atoms in total. The first kappa shape index (κ1) is 12.5. The highest BCUT2D eigenvalue weighted by atomic mass is 79.9. The van der Waals surface area contributed by atoms with E-state index < -0.39 is 0 Å². The number of nitrogens with zero attached hydrogens (tertiary/aromatic N) is 2. The minimum Gasteiger partial charge on any atom is -0.353 e. The Morgan fingerprint density at radius 3 is 2.71 bits per heavy atom. The quantitative estimate of drug-likeness (QED) is 0.911. The molecule has 0 radical (unpaired) electrons. The summed E-state index contributed by atoms with van der Waals surface area (Å²) in [6, 6.07) is 2.14. The fourth-order valence-corrected chi connectivity index (χ4v) is 2.67. The number of thiophene rings is 1. The first-order valence-electron chi connectivity index (χ1n) is 5.21. The van der Waals surface area contributed by atoms with E-state index in [0.717, 1.165) is 14.9 Å². The van der Waals surface area contributed by atoms with Crippen LogP contribution in [0.5, 0.6) is 0 Å². The largest absolute Gasteiger partial charge is 0.353 e. The summed E-state index contributed by atoms with van der Waals surface area (Å²) in [5, 5.41) is 5.11. The second kappa shape index (κ2) is 5.57. The predicted octanol–water partition coefficient (Wildman–Crippen LogP) is 2.73. The van der Waals surface area contributed by atoms with Crippen LogP contribution in [0.4, 0.5) is 5.95 Å². The summed E-state index contributed by atoms with van der Waals surface area (Å²) in [6.45, 7) is 2.61. The zero-order valence-electron chi connectivity index (χ0n) is 9.35. The molecule has 3 N–H and O–H groups in total. The Labute approximate surface area is 112 Å². The lowest BCUT2D eigenvalue weighted by atomic mass is 10.3. The molecular weight excluding hydrogens is 300 g/mol. The average molecular weight is 313 g/mol. The van der Waals surface area contributed by atoms with Crippen molar-refractivity contribution in [2.24, 2.45) is 5.73 Å². The minimum absolute atomic E-state index is 0.0894. The lowest BCUT2D eigenvalue weighted by Crippen LogP contribution is -2.25. The van der Waals surface area contributed by atoms with E-state index in [2.05, 4.69) is 37.3 Å². The van der Waals surface area contributed by atoms with Crippen LogP contribution in [0.25, 0.3) is 10.4 Å². The van der Waals surface area contributed by atoms with Crippen LogP contribution in [-0.2, 0) is 0 Å². The van der Waals surface area contributed by atoms with Gasteiger partial charge in [-0.3, -0.25) is 0 Å². The molecule has 0 saturated carbocycles. The molecule has 0 bridgehead atoms. The van der Waals surface area contributed by atoms with Gasteiger partial charge in [-0.1, -0.05) is 0 Å². The maximum Gasteiger partial charge on any atom is 0.222 e. The van der Waals surface area contributed by atoms with Gasteiger partial charge < -0.3 is 11.1 Å². The monoisotopic (exact) mass is 312 g/mol. The number of anilines is 1. The van der Waals surface area contributed by atoms with E-state index >= 15 is 0 Å². The van der Waals surface area contributed by atoms with Crippen molar-refractivity contribution in [1.82, 2.24) is 9.97 Å². The number of hydrogen-bond acceptors (Lipinski definition) is 5. The van der Waals surface area contributed by atoms with E-state index in [9.17, 15) is 0 Å². The van der Waals surface area contributed by atoms with Gasteiger partial charge in [-0.05, 0) is 28.9 Å². The molecule has 0 aliphatic rings. The summed E-state index contributed by atoms with van der Waals surface area (Å²) in [5.41, 5.74) is 6.66. The summed E-state index contributed by atoms with van der Waals surface area (Å²) >= 11 is 5.09. The Morgan fingerprint density at radius 1 is 1.47 bits per heavy atom. The highest BCUT2D eigenvalue weighted by Gasteiger charge is 2.03. The summed E-state index contributed by atoms with van der Waals surface area (Å²) in [6.07, 6.45) is 3.63. The molecule has 2 aromatic heterocycles. The number of nitrogens with two attached hydrogens (primary N) is 1. The third-order valence-corrected chi connectivity index (χ3v) is 3.83. The number of rotatable bonds is 4. The van der Waals surface area contributed by atoms with Gasteiger partial charge in [-0.25, -0.2) is 9.97 Å². The van der Waals surface area contributed by atoms with Crippen molar-refractivity contribution >= 4 is 33.2 Å². The standard InChI is InChI=1S/C11H13BrN4S/c1-7(13)3-14-11-15-4-8(5-16-11)10-2-9(12)6-17-10/h2,4-7H,3,13H2,1H3,(H,14,15,16). The SMILES string of the molecule is CC(N)CNc1ncc(-c2cc(Br)cs2)cn1. The van der Waals surface area contributed by atoms with Crippen molar-refractivity contribution in [3.05, 3.63) is 28.3 Å². The number of hydrogen-bond donors (Lipinski definition) is 2. The van der Waals surface area contributed by atoms with E-state index in [1.165, 1.54) is 0 Å². The van der Waals surface area contributed by atoms with Crippen LogP contribution in [0.1, 0.15) is 6.92 Å². The summed E-state index contributed by atoms with van der Waals surface area (Å²) < 4.78 is 1.08. The lowest BCUT2D eigenvalue weighted by Gasteiger charge is -2.07. The summed E-state index contributed by atoms with van der Waals surface area (Å²) in [5.74, 6) is 0.613. The van der Waals surface area contributed by atoms with Crippen LogP contribution < -0.4 is 11.1 Å². The number of halogens is 1. The molecule has 0 aliphatic carbocycles. The molecule has 1 unspecified atom stereocenters. The maximum absolute atomic E-state index is 5.64. The molecule has 2 aromatic rings. The molecule has 0 saturated heterocycles. The van der Waals surface area contributed by atoms with Gasteiger partial charge in [-0.15, -0.1) is 11.3 Å². The van der Waals surface area contributed by atoms with Crippen LogP contribution in [0.3, 0.4) is 0 Å². The molecule has 0 spiro atoms. The second-order valence-corrected chi connectivity index (χ2v) is 5.61. The fourth-order valence-electron chi connectivity index (χ4n) is 1.26. The average Bonchev–Trinajstić information content (AvgIpc) is 2.74. The normalized spacial score (nSPS) is 12.4. The van der Waals surface area contributed by atoms with Gasteiger partial charge in [0.15, 0.2) is 0 Å². The molecule has 1 atom stereocenters. The Bertz CT molecular complexity index is 480. The van der Waals surface area contributed by atoms with Crippen LogP contribution in [0.2, 0.25) is 0 Å². The number of aromatic nitrogens is 2. The summed E-state index contributed by atoms with van der Waals surface area (Å²) in [7, 11) is 0.